The summed E-state index contributed by atoms with van der Waals surface area (Å²) in [5, 5.41) is 12.2. The number of rotatable bonds is 5. The van der Waals surface area contributed by atoms with Crippen LogP contribution in [0.25, 0.3) is 0 Å². The van der Waals surface area contributed by atoms with Gasteiger partial charge in [0.25, 0.3) is 0 Å². The van der Waals surface area contributed by atoms with E-state index < -0.39 is 0 Å². The minimum Gasteiger partial charge on any atom is -0.392 e. The van der Waals surface area contributed by atoms with Gasteiger partial charge in [-0.3, -0.25) is 0 Å². The molecule has 1 saturated heterocycles. The number of likely N-dealkylation sites (tertiary alicyclic amines) is 1. The quantitative estimate of drug-likeness (QED) is 0.575. The number of hydrogen-bond donors (Lipinski definition) is 2. The molecule has 2 N–H and O–H groups in total. The fourth-order valence-corrected chi connectivity index (χ4v) is 1.55. The lowest BCUT2D eigenvalue weighted by atomic mass is 10.4. The predicted molar refractivity (Wildman–Crippen MR) is 50.2 cm³/mol. The molecular weight excluding hydrogens is 152 g/mol. The second-order valence-electron chi connectivity index (χ2n) is 3.60. The van der Waals surface area contributed by atoms with Crippen LogP contribution in [0, 0.1) is 0 Å². The van der Waals surface area contributed by atoms with Gasteiger partial charge in [-0.15, -0.1) is 0 Å². The van der Waals surface area contributed by atoms with E-state index in [1.165, 1.54) is 25.9 Å². The molecule has 1 aliphatic heterocycles. The van der Waals surface area contributed by atoms with Crippen LogP contribution in [0.5, 0.6) is 0 Å². The first kappa shape index (κ1) is 9.96. The van der Waals surface area contributed by atoms with Crippen molar-refractivity contribution in [1.82, 2.24) is 10.2 Å². The molecule has 0 saturated carbocycles. The van der Waals surface area contributed by atoms with Crippen LogP contribution in [0.2, 0.25) is 0 Å². The maximum absolute atomic E-state index is 8.97. The summed E-state index contributed by atoms with van der Waals surface area (Å²) >= 11 is 0. The molecular formula is C9H20N2O. The van der Waals surface area contributed by atoms with Crippen molar-refractivity contribution < 1.29 is 5.11 Å². The largest absolute Gasteiger partial charge is 0.392 e. The van der Waals surface area contributed by atoms with Gasteiger partial charge in [-0.2, -0.15) is 0 Å². The molecule has 72 valence electrons. The van der Waals surface area contributed by atoms with E-state index in [9.17, 15) is 0 Å². The fourth-order valence-electron chi connectivity index (χ4n) is 1.55. The number of nitrogens with zero attached hydrogens (tertiary/aromatic N) is 1. The lowest BCUT2D eigenvalue weighted by Gasteiger charge is -2.15. The average Bonchev–Trinajstić information content (AvgIpc) is 2.49. The third-order valence-electron chi connectivity index (χ3n) is 2.24. The Morgan fingerprint density at radius 2 is 2.08 bits per heavy atom. The lowest BCUT2D eigenvalue weighted by Crippen LogP contribution is -2.33. The van der Waals surface area contributed by atoms with Crippen LogP contribution in [0.1, 0.15) is 19.8 Å². The third-order valence-corrected chi connectivity index (χ3v) is 2.24. The Hall–Kier alpha value is -0.120. The van der Waals surface area contributed by atoms with Crippen molar-refractivity contribution in [3.63, 3.8) is 0 Å². The Labute approximate surface area is 74.8 Å². The van der Waals surface area contributed by atoms with E-state index in [-0.39, 0.29) is 6.10 Å². The van der Waals surface area contributed by atoms with Crippen LogP contribution >= 0.6 is 0 Å². The molecule has 0 aliphatic carbocycles. The molecule has 0 radical (unpaired) electrons. The molecule has 0 aromatic carbocycles. The lowest BCUT2D eigenvalue weighted by molar-refractivity contribution is 0.189. The molecule has 12 heavy (non-hydrogen) atoms. The highest BCUT2D eigenvalue weighted by atomic mass is 16.3. The zero-order valence-electron chi connectivity index (χ0n) is 7.92. The molecule has 0 bridgehead atoms. The number of aliphatic hydroxyl groups is 1. The van der Waals surface area contributed by atoms with Crippen LogP contribution in [0.3, 0.4) is 0 Å². The standard InChI is InChI=1S/C9H20N2O/c1-9(12)8-10-4-7-11-5-2-3-6-11/h9-10,12H,2-8H2,1H3. The monoisotopic (exact) mass is 172 g/mol. The molecule has 1 heterocycles. The third kappa shape index (κ3) is 4.04. The van der Waals surface area contributed by atoms with Crippen LogP contribution in [-0.2, 0) is 0 Å². The zero-order valence-corrected chi connectivity index (χ0v) is 7.92. The molecule has 1 unspecified atom stereocenters. The summed E-state index contributed by atoms with van der Waals surface area (Å²) in [6.07, 6.45) is 2.50. The Morgan fingerprint density at radius 3 is 2.67 bits per heavy atom. The molecule has 3 nitrogen and oxygen atoms in total. The summed E-state index contributed by atoms with van der Waals surface area (Å²) in [4.78, 5) is 2.47. The minimum atomic E-state index is -0.219. The topological polar surface area (TPSA) is 35.5 Å². The van der Waals surface area contributed by atoms with Crippen LogP contribution in [0.4, 0.5) is 0 Å². The van der Waals surface area contributed by atoms with Gasteiger partial charge >= 0.3 is 0 Å². The summed E-state index contributed by atoms with van der Waals surface area (Å²) in [7, 11) is 0. The van der Waals surface area contributed by atoms with E-state index in [4.69, 9.17) is 5.11 Å². The number of aliphatic hydroxyl groups excluding tert-OH is 1. The van der Waals surface area contributed by atoms with Crippen molar-refractivity contribution in [3.8, 4) is 0 Å². The highest BCUT2D eigenvalue weighted by Gasteiger charge is 2.09. The second-order valence-corrected chi connectivity index (χ2v) is 3.60. The molecule has 0 spiro atoms. The smallest absolute Gasteiger partial charge is 0.0636 e. The summed E-state index contributed by atoms with van der Waals surface area (Å²) in [6, 6.07) is 0. The molecule has 0 aromatic heterocycles. The van der Waals surface area contributed by atoms with Crippen molar-refractivity contribution in [1.29, 1.82) is 0 Å². The van der Waals surface area contributed by atoms with E-state index in [0.717, 1.165) is 13.1 Å². The van der Waals surface area contributed by atoms with Crippen LogP contribution < -0.4 is 5.32 Å². The molecule has 1 atom stereocenters. The van der Waals surface area contributed by atoms with E-state index in [1.54, 1.807) is 0 Å². The van der Waals surface area contributed by atoms with Gasteiger partial charge in [-0.1, -0.05) is 0 Å². The summed E-state index contributed by atoms with van der Waals surface area (Å²) in [5.41, 5.74) is 0. The number of hydrogen-bond acceptors (Lipinski definition) is 3. The van der Waals surface area contributed by atoms with Crippen molar-refractivity contribution in [2.75, 3.05) is 32.7 Å². The van der Waals surface area contributed by atoms with Gasteiger partial charge in [0.05, 0.1) is 6.10 Å². The Kier molecular flexibility index (Phi) is 4.58. The summed E-state index contributed by atoms with van der Waals surface area (Å²) < 4.78 is 0. The minimum absolute atomic E-state index is 0.219. The Morgan fingerprint density at radius 1 is 1.42 bits per heavy atom. The van der Waals surface area contributed by atoms with Gasteiger partial charge in [-0.25, -0.2) is 0 Å². The normalized spacial score (nSPS) is 21.5. The maximum atomic E-state index is 8.97. The first-order valence-corrected chi connectivity index (χ1v) is 4.90. The van der Waals surface area contributed by atoms with E-state index >= 15 is 0 Å². The second kappa shape index (κ2) is 5.51. The van der Waals surface area contributed by atoms with Crippen molar-refractivity contribution in [2.24, 2.45) is 0 Å². The summed E-state index contributed by atoms with van der Waals surface area (Å²) in [5.74, 6) is 0. The SMILES string of the molecule is CC(O)CNCCN1CCCC1. The Balaban J connectivity index is 1.88. The van der Waals surface area contributed by atoms with Gasteiger partial charge in [0.15, 0.2) is 0 Å². The zero-order chi connectivity index (χ0) is 8.81. The van der Waals surface area contributed by atoms with E-state index in [2.05, 4.69) is 10.2 Å². The Bertz CT molecular complexity index is 111. The molecule has 1 rings (SSSR count). The van der Waals surface area contributed by atoms with Crippen LogP contribution in [-0.4, -0.2) is 48.8 Å². The highest BCUT2D eigenvalue weighted by molar-refractivity contribution is 4.67. The van der Waals surface area contributed by atoms with Gasteiger partial charge in [-0.05, 0) is 32.9 Å². The van der Waals surface area contributed by atoms with Crippen molar-refractivity contribution in [3.05, 3.63) is 0 Å². The van der Waals surface area contributed by atoms with Gasteiger partial charge in [0.1, 0.15) is 0 Å². The molecule has 1 aliphatic rings. The van der Waals surface area contributed by atoms with Gasteiger partial charge < -0.3 is 15.3 Å². The average molecular weight is 172 g/mol. The van der Waals surface area contributed by atoms with Gasteiger partial charge in [0, 0.05) is 19.6 Å². The molecule has 3 heteroatoms. The fraction of sp³-hybridized carbons (Fsp3) is 1.00. The van der Waals surface area contributed by atoms with Crippen molar-refractivity contribution in [2.45, 2.75) is 25.9 Å². The van der Waals surface area contributed by atoms with Crippen LogP contribution in [0.15, 0.2) is 0 Å². The molecule has 0 aromatic rings. The molecule has 1 fully saturated rings. The highest BCUT2D eigenvalue weighted by Crippen LogP contribution is 2.05. The maximum Gasteiger partial charge on any atom is 0.0636 e. The predicted octanol–water partition coefficient (Wildman–Crippen LogP) is 0.0526. The number of nitrogens with one attached hydrogen (secondary N) is 1. The first-order chi connectivity index (χ1) is 5.79. The first-order valence-electron chi connectivity index (χ1n) is 4.90. The molecule has 0 amide bonds. The van der Waals surface area contributed by atoms with E-state index in [1.807, 2.05) is 6.92 Å². The summed E-state index contributed by atoms with van der Waals surface area (Å²) in [6.45, 7) is 7.18. The van der Waals surface area contributed by atoms with E-state index in [0.29, 0.717) is 6.54 Å². The van der Waals surface area contributed by atoms with Gasteiger partial charge in [0.2, 0.25) is 0 Å². The van der Waals surface area contributed by atoms with Crippen molar-refractivity contribution >= 4 is 0 Å².